The molecule has 2 rings (SSSR count). The first kappa shape index (κ1) is 13.1. The molecule has 0 radical (unpaired) electrons. The van der Waals surface area contributed by atoms with E-state index >= 15 is 0 Å². The molecule has 1 heteroatoms. The minimum Gasteiger partial charge on any atom is -0.302 e. The predicted molar refractivity (Wildman–Crippen MR) is 79.8 cm³/mol. The van der Waals surface area contributed by atoms with Gasteiger partial charge >= 0.3 is 0 Å². The summed E-state index contributed by atoms with van der Waals surface area (Å²) in [5.41, 5.74) is 1.64. The van der Waals surface area contributed by atoms with Gasteiger partial charge in [-0.25, -0.2) is 0 Å². The van der Waals surface area contributed by atoms with Crippen molar-refractivity contribution < 1.29 is 0 Å². The summed E-state index contributed by atoms with van der Waals surface area (Å²) in [5, 5.41) is 2.69. The fourth-order valence-corrected chi connectivity index (χ4v) is 3.01. The van der Waals surface area contributed by atoms with Crippen molar-refractivity contribution in [1.29, 1.82) is 0 Å². The summed E-state index contributed by atoms with van der Waals surface area (Å²) in [6, 6.07) is 15.7. The second-order valence-corrected chi connectivity index (χ2v) is 6.30. The van der Waals surface area contributed by atoms with E-state index in [1.165, 1.54) is 16.3 Å². The molecule has 0 saturated carbocycles. The number of fused-ring (bicyclic) bond motifs is 1. The molecule has 2 aromatic rings. The third kappa shape index (κ3) is 2.41. The lowest BCUT2D eigenvalue weighted by Crippen LogP contribution is -2.31. The second kappa shape index (κ2) is 4.74. The maximum absolute atomic E-state index is 2.32. The molecule has 0 bridgehead atoms. The standard InChI is InChI=1S/C17H23N/c1-17(2,3)16(18(4)5)15-12-8-10-13-9-6-7-11-14(13)15/h6-12,16H,1-5H3/t16-/m0/s1. The number of hydrogen-bond acceptors (Lipinski definition) is 1. The van der Waals surface area contributed by atoms with Gasteiger partial charge in [0.25, 0.3) is 0 Å². The van der Waals surface area contributed by atoms with Gasteiger partial charge in [-0.2, -0.15) is 0 Å². The quantitative estimate of drug-likeness (QED) is 0.749. The first-order chi connectivity index (χ1) is 8.41. The summed E-state index contributed by atoms with van der Waals surface area (Å²) in [6.45, 7) is 6.92. The summed E-state index contributed by atoms with van der Waals surface area (Å²) in [7, 11) is 4.33. The number of rotatable bonds is 2. The van der Waals surface area contributed by atoms with Gasteiger partial charge in [-0.15, -0.1) is 0 Å². The molecule has 0 N–H and O–H groups in total. The van der Waals surface area contributed by atoms with Crippen LogP contribution in [0.25, 0.3) is 10.8 Å². The Morgan fingerprint density at radius 1 is 0.889 bits per heavy atom. The molecule has 0 saturated heterocycles. The molecule has 1 atom stereocenters. The second-order valence-electron chi connectivity index (χ2n) is 6.30. The van der Waals surface area contributed by atoms with Gasteiger partial charge in [-0.3, -0.25) is 0 Å². The summed E-state index contributed by atoms with van der Waals surface area (Å²) in [4.78, 5) is 2.32. The van der Waals surface area contributed by atoms with Gasteiger partial charge in [0.2, 0.25) is 0 Å². The molecule has 0 unspecified atom stereocenters. The third-order valence-corrected chi connectivity index (χ3v) is 3.45. The fraction of sp³-hybridized carbons (Fsp3) is 0.412. The van der Waals surface area contributed by atoms with Crippen LogP contribution < -0.4 is 0 Å². The van der Waals surface area contributed by atoms with Crippen LogP contribution in [0.1, 0.15) is 32.4 Å². The van der Waals surface area contributed by atoms with Gasteiger partial charge in [0, 0.05) is 6.04 Å². The van der Waals surface area contributed by atoms with Crippen LogP contribution in [0, 0.1) is 5.41 Å². The van der Waals surface area contributed by atoms with Crippen LogP contribution in [0.5, 0.6) is 0 Å². The molecule has 96 valence electrons. The van der Waals surface area contributed by atoms with Crippen molar-refractivity contribution in [3.05, 3.63) is 48.0 Å². The molecule has 0 spiro atoms. The molecule has 0 aliphatic heterocycles. The Morgan fingerprint density at radius 2 is 1.50 bits per heavy atom. The van der Waals surface area contributed by atoms with E-state index in [4.69, 9.17) is 0 Å². The normalized spacial score (nSPS) is 14.1. The Morgan fingerprint density at radius 3 is 2.11 bits per heavy atom. The van der Waals surface area contributed by atoms with Crippen molar-refractivity contribution in [2.24, 2.45) is 5.41 Å². The summed E-state index contributed by atoms with van der Waals surface area (Å²) >= 11 is 0. The van der Waals surface area contributed by atoms with Crippen molar-refractivity contribution in [2.75, 3.05) is 14.1 Å². The van der Waals surface area contributed by atoms with E-state index in [9.17, 15) is 0 Å². The van der Waals surface area contributed by atoms with Gasteiger partial charge < -0.3 is 4.90 Å². The first-order valence-corrected chi connectivity index (χ1v) is 6.55. The smallest absolute Gasteiger partial charge is 0.0396 e. The van der Waals surface area contributed by atoms with Crippen molar-refractivity contribution in [1.82, 2.24) is 4.90 Å². The Kier molecular flexibility index (Phi) is 3.45. The van der Waals surface area contributed by atoms with E-state index in [0.29, 0.717) is 6.04 Å². The minimum atomic E-state index is 0.216. The zero-order valence-corrected chi connectivity index (χ0v) is 12.1. The van der Waals surface area contributed by atoms with Crippen LogP contribution in [-0.4, -0.2) is 19.0 Å². The lowest BCUT2D eigenvalue weighted by molar-refractivity contribution is 0.155. The summed E-state index contributed by atoms with van der Waals surface area (Å²) in [5.74, 6) is 0. The Labute approximate surface area is 110 Å². The highest BCUT2D eigenvalue weighted by Gasteiger charge is 2.29. The van der Waals surface area contributed by atoms with E-state index in [2.05, 4.69) is 82.2 Å². The van der Waals surface area contributed by atoms with Crippen LogP contribution in [0.4, 0.5) is 0 Å². The van der Waals surface area contributed by atoms with Crippen molar-refractivity contribution in [3.8, 4) is 0 Å². The molecule has 18 heavy (non-hydrogen) atoms. The van der Waals surface area contributed by atoms with E-state index in [-0.39, 0.29) is 5.41 Å². The zero-order chi connectivity index (χ0) is 13.3. The predicted octanol–water partition coefficient (Wildman–Crippen LogP) is 4.49. The highest BCUT2D eigenvalue weighted by atomic mass is 15.1. The van der Waals surface area contributed by atoms with Gasteiger partial charge in [-0.05, 0) is 35.8 Å². The van der Waals surface area contributed by atoms with Crippen molar-refractivity contribution in [2.45, 2.75) is 26.8 Å². The van der Waals surface area contributed by atoms with Gasteiger partial charge in [0.1, 0.15) is 0 Å². The van der Waals surface area contributed by atoms with Crippen LogP contribution in [0.3, 0.4) is 0 Å². The average molecular weight is 241 g/mol. The SMILES string of the molecule is CN(C)[C@@H](c1cccc2ccccc12)C(C)(C)C. The number of nitrogens with zero attached hydrogens (tertiary/aromatic N) is 1. The third-order valence-electron chi connectivity index (χ3n) is 3.45. The van der Waals surface area contributed by atoms with Crippen molar-refractivity contribution >= 4 is 10.8 Å². The first-order valence-electron chi connectivity index (χ1n) is 6.55. The van der Waals surface area contributed by atoms with Crippen LogP contribution >= 0.6 is 0 Å². The van der Waals surface area contributed by atoms with Crippen molar-refractivity contribution in [3.63, 3.8) is 0 Å². The van der Waals surface area contributed by atoms with E-state index in [1.807, 2.05) is 0 Å². The molecule has 0 fully saturated rings. The maximum Gasteiger partial charge on any atom is 0.0396 e. The number of hydrogen-bond donors (Lipinski definition) is 0. The Bertz CT molecular complexity index is 529. The number of benzene rings is 2. The molecule has 0 aromatic heterocycles. The van der Waals surface area contributed by atoms with E-state index < -0.39 is 0 Å². The average Bonchev–Trinajstić information content (AvgIpc) is 2.27. The highest BCUT2D eigenvalue weighted by Crippen LogP contribution is 2.39. The lowest BCUT2D eigenvalue weighted by Gasteiger charge is -2.37. The summed E-state index contributed by atoms with van der Waals surface area (Å²) in [6.07, 6.45) is 0. The molecule has 0 aliphatic carbocycles. The van der Waals surface area contributed by atoms with Crippen LogP contribution in [0.2, 0.25) is 0 Å². The largest absolute Gasteiger partial charge is 0.302 e. The summed E-state index contributed by atoms with van der Waals surface area (Å²) < 4.78 is 0. The zero-order valence-electron chi connectivity index (χ0n) is 12.1. The van der Waals surface area contributed by atoms with Gasteiger partial charge in [0.15, 0.2) is 0 Å². The molecule has 1 nitrogen and oxygen atoms in total. The highest BCUT2D eigenvalue weighted by molar-refractivity contribution is 5.86. The molecular weight excluding hydrogens is 218 g/mol. The monoisotopic (exact) mass is 241 g/mol. The van der Waals surface area contributed by atoms with Crippen LogP contribution in [-0.2, 0) is 0 Å². The van der Waals surface area contributed by atoms with Gasteiger partial charge in [-0.1, -0.05) is 63.2 Å². The molecular formula is C17H23N. The lowest BCUT2D eigenvalue weighted by atomic mass is 9.80. The fourth-order valence-electron chi connectivity index (χ4n) is 3.01. The maximum atomic E-state index is 2.32. The Hall–Kier alpha value is -1.34. The topological polar surface area (TPSA) is 3.24 Å². The molecule has 2 aromatic carbocycles. The molecule has 0 amide bonds. The van der Waals surface area contributed by atoms with Crippen LogP contribution in [0.15, 0.2) is 42.5 Å². The molecule has 0 heterocycles. The van der Waals surface area contributed by atoms with E-state index in [0.717, 1.165) is 0 Å². The Balaban J connectivity index is 2.65. The van der Waals surface area contributed by atoms with E-state index in [1.54, 1.807) is 0 Å². The molecule has 0 aliphatic rings. The van der Waals surface area contributed by atoms with Gasteiger partial charge in [0.05, 0.1) is 0 Å². The minimum absolute atomic E-state index is 0.216.